The maximum absolute atomic E-state index is 13.2. The second-order valence-electron chi connectivity index (χ2n) is 3.92. The Labute approximate surface area is 106 Å². The number of aryl methyl sites for hydroxylation is 1. The monoisotopic (exact) mass is 257 g/mol. The number of hydrogen-bond donors (Lipinski definition) is 1. The molecule has 0 saturated heterocycles. The summed E-state index contributed by atoms with van der Waals surface area (Å²) >= 11 is 0. The number of benzene rings is 1. The van der Waals surface area contributed by atoms with Gasteiger partial charge in [0.25, 0.3) is 0 Å². The van der Waals surface area contributed by atoms with Gasteiger partial charge in [-0.3, -0.25) is 0 Å². The van der Waals surface area contributed by atoms with Crippen molar-refractivity contribution in [1.29, 1.82) is 0 Å². The molecule has 0 amide bonds. The predicted molar refractivity (Wildman–Crippen MR) is 67.5 cm³/mol. The van der Waals surface area contributed by atoms with Crippen LogP contribution in [0.3, 0.4) is 0 Å². The molecule has 3 radical (unpaired) electrons. The molecule has 0 spiro atoms. The fourth-order valence-corrected chi connectivity index (χ4v) is 1.68. The maximum atomic E-state index is 13.2. The van der Waals surface area contributed by atoms with E-state index in [1.54, 1.807) is 12.3 Å². The molecule has 1 aromatic carbocycles. The quantitative estimate of drug-likeness (QED) is 0.918. The highest BCUT2D eigenvalue weighted by Gasteiger charge is 2.07. The molecular weight excluding hydrogens is 243 g/mol. The van der Waals surface area contributed by atoms with E-state index in [-0.39, 0.29) is 30.4 Å². The summed E-state index contributed by atoms with van der Waals surface area (Å²) in [6, 6.07) is 4.90. The number of hydrogen-bond acceptors (Lipinski definition) is 2. The topological polar surface area (TPSA) is 69.7 Å². The van der Waals surface area contributed by atoms with Crippen molar-refractivity contribution in [1.82, 2.24) is 6.15 Å². The average Bonchev–Trinajstić information content (AvgIpc) is 2.61. The van der Waals surface area contributed by atoms with Crippen molar-refractivity contribution in [3.8, 4) is 0 Å². The Kier molecular flexibility index (Phi) is 6.16. The lowest BCUT2D eigenvalue weighted by atomic mass is 10.0. The van der Waals surface area contributed by atoms with E-state index in [1.807, 2.05) is 6.92 Å². The Morgan fingerprint density at radius 2 is 2.12 bits per heavy atom. The van der Waals surface area contributed by atoms with Crippen LogP contribution in [0.25, 0.3) is 11.0 Å². The first-order chi connectivity index (χ1) is 7.16. The minimum atomic E-state index is -0.219. The highest BCUT2D eigenvalue weighted by atomic mass is 35.5. The smallest absolute Gasteiger partial charge is 0.137 e. The first-order valence-electron chi connectivity index (χ1n) is 5.08. The van der Waals surface area contributed by atoms with Gasteiger partial charge < -0.3 is 10.2 Å². The Hall–Kier alpha value is -1.10. The Morgan fingerprint density at radius 1 is 1.41 bits per heavy atom. The van der Waals surface area contributed by atoms with Gasteiger partial charge >= 0.3 is 0 Å². The zero-order chi connectivity index (χ0) is 10.8. The van der Waals surface area contributed by atoms with Crippen LogP contribution in [0.1, 0.15) is 18.9 Å². The van der Waals surface area contributed by atoms with E-state index in [0.717, 1.165) is 29.4 Å². The van der Waals surface area contributed by atoms with Gasteiger partial charge in [0, 0.05) is 17.6 Å². The van der Waals surface area contributed by atoms with Crippen molar-refractivity contribution in [3.63, 3.8) is 0 Å². The SMILES string of the molecule is CC(N)CCc1cc(F)cc2ccoc12.Cl.[N]. The van der Waals surface area contributed by atoms with Gasteiger partial charge in [-0.05, 0) is 43.5 Å². The summed E-state index contributed by atoms with van der Waals surface area (Å²) in [5, 5.41) is 0.815. The molecule has 0 aliphatic heterocycles. The average molecular weight is 258 g/mol. The number of nitrogens with zero attached hydrogens (tertiary/aromatic N) is 1. The summed E-state index contributed by atoms with van der Waals surface area (Å²) < 4.78 is 18.6. The van der Waals surface area contributed by atoms with Gasteiger partial charge in [-0.15, -0.1) is 12.4 Å². The summed E-state index contributed by atoms with van der Waals surface area (Å²) in [7, 11) is 0. The van der Waals surface area contributed by atoms with Crippen molar-refractivity contribution < 1.29 is 8.81 Å². The van der Waals surface area contributed by atoms with Gasteiger partial charge in [0.2, 0.25) is 0 Å². The minimum Gasteiger partial charge on any atom is -0.464 e. The molecule has 0 saturated carbocycles. The normalized spacial score (nSPS) is 11.7. The van der Waals surface area contributed by atoms with Crippen LogP contribution < -0.4 is 11.9 Å². The number of halogens is 2. The van der Waals surface area contributed by atoms with Crippen molar-refractivity contribution in [3.05, 3.63) is 35.8 Å². The van der Waals surface area contributed by atoms with E-state index in [4.69, 9.17) is 10.2 Å². The lowest BCUT2D eigenvalue weighted by Crippen LogP contribution is -2.15. The molecular formula is C12H15ClFN2O. The Morgan fingerprint density at radius 3 is 2.76 bits per heavy atom. The molecule has 2 N–H and O–H groups in total. The molecule has 0 bridgehead atoms. The van der Waals surface area contributed by atoms with Gasteiger partial charge in [0.15, 0.2) is 0 Å². The third-order valence-electron chi connectivity index (χ3n) is 2.46. The molecule has 0 aliphatic rings. The summed E-state index contributed by atoms with van der Waals surface area (Å²) in [6.45, 7) is 1.94. The molecule has 2 rings (SSSR count). The van der Waals surface area contributed by atoms with Crippen LogP contribution in [0.5, 0.6) is 0 Å². The summed E-state index contributed by atoms with van der Waals surface area (Å²) in [6.07, 6.45) is 3.16. The first-order valence-corrected chi connectivity index (χ1v) is 5.08. The lowest BCUT2D eigenvalue weighted by Gasteiger charge is -2.05. The van der Waals surface area contributed by atoms with E-state index in [2.05, 4.69) is 0 Å². The van der Waals surface area contributed by atoms with Crippen LogP contribution in [-0.4, -0.2) is 6.04 Å². The minimum absolute atomic E-state index is 0. The van der Waals surface area contributed by atoms with Crippen LogP contribution in [0, 0.1) is 5.82 Å². The number of furan rings is 1. The third-order valence-corrected chi connectivity index (χ3v) is 2.46. The van der Waals surface area contributed by atoms with Gasteiger partial charge in [0.05, 0.1) is 6.26 Å². The van der Waals surface area contributed by atoms with Gasteiger partial charge in [0.1, 0.15) is 11.4 Å². The van der Waals surface area contributed by atoms with E-state index in [1.165, 1.54) is 12.1 Å². The molecule has 3 nitrogen and oxygen atoms in total. The highest BCUT2D eigenvalue weighted by molar-refractivity contribution is 5.85. The van der Waals surface area contributed by atoms with Gasteiger partial charge in [-0.2, -0.15) is 0 Å². The molecule has 1 unspecified atom stereocenters. The number of fused-ring (bicyclic) bond motifs is 1. The van der Waals surface area contributed by atoms with E-state index in [9.17, 15) is 4.39 Å². The van der Waals surface area contributed by atoms with Crippen LogP contribution >= 0.6 is 12.4 Å². The molecule has 17 heavy (non-hydrogen) atoms. The highest BCUT2D eigenvalue weighted by Crippen LogP contribution is 2.23. The molecule has 1 aromatic heterocycles. The second kappa shape index (κ2) is 6.59. The maximum Gasteiger partial charge on any atom is 0.137 e. The van der Waals surface area contributed by atoms with Crippen LogP contribution in [-0.2, 0) is 6.42 Å². The summed E-state index contributed by atoms with van der Waals surface area (Å²) in [5.41, 5.74) is 7.34. The molecule has 2 aromatic rings. The van der Waals surface area contributed by atoms with E-state index >= 15 is 0 Å². The zero-order valence-corrected chi connectivity index (χ0v) is 10.3. The first kappa shape index (κ1) is 15.9. The Bertz CT molecular complexity index is 470. The van der Waals surface area contributed by atoms with Crippen molar-refractivity contribution >= 4 is 23.4 Å². The van der Waals surface area contributed by atoms with E-state index < -0.39 is 0 Å². The molecule has 1 heterocycles. The van der Waals surface area contributed by atoms with Crippen molar-refractivity contribution in [2.75, 3.05) is 0 Å². The fourth-order valence-electron chi connectivity index (χ4n) is 1.68. The molecule has 1 atom stereocenters. The van der Waals surface area contributed by atoms with Crippen LogP contribution in [0.15, 0.2) is 28.9 Å². The van der Waals surface area contributed by atoms with Gasteiger partial charge in [-0.25, -0.2) is 4.39 Å². The third kappa shape index (κ3) is 3.70. The molecule has 0 fully saturated rings. The molecule has 5 heteroatoms. The zero-order valence-electron chi connectivity index (χ0n) is 9.52. The lowest BCUT2D eigenvalue weighted by molar-refractivity contribution is 0.595. The summed E-state index contributed by atoms with van der Waals surface area (Å²) in [4.78, 5) is 0. The predicted octanol–water partition coefficient (Wildman–Crippen LogP) is 2.79. The second-order valence-corrected chi connectivity index (χ2v) is 3.92. The van der Waals surface area contributed by atoms with E-state index in [0.29, 0.717) is 0 Å². The van der Waals surface area contributed by atoms with Crippen molar-refractivity contribution in [2.45, 2.75) is 25.8 Å². The van der Waals surface area contributed by atoms with Crippen LogP contribution in [0.2, 0.25) is 0 Å². The Balaban J connectivity index is 0.00000128. The summed E-state index contributed by atoms with van der Waals surface area (Å²) in [5.74, 6) is -0.219. The number of nitrogens with two attached hydrogens (primary N) is 1. The van der Waals surface area contributed by atoms with Crippen molar-refractivity contribution in [2.24, 2.45) is 5.73 Å². The van der Waals surface area contributed by atoms with Crippen LogP contribution in [0.4, 0.5) is 4.39 Å². The standard InChI is InChI=1S/C12H14FNO.ClH.N/c1-8(14)2-3-9-6-11(13)7-10-4-5-15-12(9)10;;/h4-8H,2-3,14H2,1H3;1H;. The number of rotatable bonds is 3. The largest absolute Gasteiger partial charge is 0.464 e. The molecule has 93 valence electrons. The fraction of sp³-hybridized carbons (Fsp3) is 0.333. The van der Waals surface area contributed by atoms with Gasteiger partial charge in [-0.1, -0.05) is 0 Å². The molecule has 0 aliphatic carbocycles.